The van der Waals surface area contributed by atoms with Gasteiger partial charge in [-0.1, -0.05) is 13.8 Å². The SMILES string of the molecule is CC(C)C(NC(=O)CNC(=O)C(N)CC(=O)O)C(=O)NC(CC(N)=O)C(=O)O. The second-order valence-corrected chi connectivity index (χ2v) is 6.28. The number of amides is 4. The molecule has 0 aromatic heterocycles. The zero-order valence-corrected chi connectivity index (χ0v) is 15.4. The molecule has 0 aromatic carbocycles. The molecule has 0 heterocycles. The Morgan fingerprint density at radius 2 is 1.50 bits per heavy atom. The van der Waals surface area contributed by atoms with Gasteiger partial charge in [0.1, 0.15) is 12.1 Å². The van der Waals surface area contributed by atoms with Crippen LogP contribution in [0.5, 0.6) is 0 Å². The molecule has 0 saturated heterocycles. The highest BCUT2D eigenvalue weighted by Gasteiger charge is 2.29. The third kappa shape index (κ3) is 9.47. The lowest BCUT2D eigenvalue weighted by Gasteiger charge is -2.24. The fourth-order valence-corrected chi connectivity index (χ4v) is 2.00. The van der Waals surface area contributed by atoms with Crippen molar-refractivity contribution in [2.45, 2.75) is 44.8 Å². The number of rotatable bonds is 12. The fourth-order valence-electron chi connectivity index (χ4n) is 2.00. The molecule has 0 aliphatic rings. The summed E-state index contributed by atoms with van der Waals surface area (Å²) in [5.41, 5.74) is 10.3. The topological polar surface area (TPSA) is 231 Å². The maximum Gasteiger partial charge on any atom is 0.326 e. The maximum atomic E-state index is 12.3. The summed E-state index contributed by atoms with van der Waals surface area (Å²) in [7, 11) is 0. The second-order valence-electron chi connectivity index (χ2n) is 6.28. The summed E-state index contributed by atoms with van der Waals surface area (Å²) in [6, 6.07) is -4.07. The Labute approximate surface area is 160 Å². The molecule has 4 amide bonds. The normalized spacial score (nSPS) is 13.7. The first kappa shape index (κ1) is 24.8. The summed E-state index contributed by atoms with van der Waals surface area (Å²) >= 11 is 0. The first-order chi connectivity index (χ1) is 12.8. The molecular formula is C15H25N5O8. The number of carbonyl (C=O) groups excluding carboxylic acids is 4. The van der Waals surface area contributed by atoms with Gasteiger partial charge >= 0.3 is 11.9 Å². The number of aliphatic carboxylic acids is 2. The molecule has 28 heavy (non-hydrogen) atoms. The average Bonchev–Trinajstić information content (AvgIpc) is 2.55. The number of hydrogen-bond acceptors (Lipinski definition) is 7. The second kappa shape index (κ2) is 11.5. The molecule has 3 atom stereocenters. The van der Waals surface area contributed by atoms with Gasteiger partial charge in [0.2, 0.25) is 23.6 Å². The Morgan fingerprint density at radius 1 is 0.929 bits per heavy atom. The highest BCUT2D eigenvalue weighted by atomic mass is 16.4. The van der Waals surface area contributed by atoms with Gasteiger partial charge in [0, 0.05) is 0 Å². The molecule has 0 aliphatic carbocycles. The first-order valence-corrected chi connectivity index (χ1v) is 8.21. The van der Waals surface area contributed by atoms with Crippen molar-refractivity contribution in [2.75, 3.05) is 6.54 Å². The van der Waals surface area contributed by atoms with Gasteiger partial charge < -0.3 is 37.6 Å². The Kier molecular flexibility index (Phi) is 10.2. The smallest absolute Gasteiger partial charge is 0.326 e. The predicted octanol–water partition coefficient (Wildman–Crippen LogP) is -3.51. The molecule has 0 rings (SSSR count). The minimum atomic E-state index is -1.56. The Hall–Kier alpha value is -3.22. The molecule has 0 aliphatic heterocycles. The molecule has 13 nitrogen and oxygen atoms in total. The van der Waals surface area contributed by atoms with Crippen molar-refractivity contribution in [1.29, 1.82) is 0 Å². The van der Waals surface area contributed by atoms with Gasteiger partial charge in [-0.05, 0) is 5.92 Å². The van der Waals surface area contributed by atoms with Crippen molar-refractivity contribution in [3.8, 4) is 0 Å². The van der Waals surface area contributed by atoms with Crippen molar-refractivity contribution >= 4 is 35.6 Å². The number of carboxylic acid groups (broad SMARTS) is 2. The van der Waals surface area contributed by atoms with Crippen LogP contribution in [0, 0.1) is 5.92 Å². The number of carboxylic acids is 2. The number of primary amides is 1. The van der Waals surface area contributed by atoms with Crippen molar-refractivity contribution in [1.82, 2.24) is 16.0 Å². The van der Waals surface area contributed by atoms with Crippen LogP contribution >= 0.6 is 0 Å². The number of nitrogens with two attached hydrogens (primary N) is 2. The van der Waals surface area contributed by atoms with E-state index in [-0.39, 0.29) is 0 Å². The van der Waals surface area contributed by atoms with Crippen molar-refractivity contribution < 1.29 is 39.0 Å². The van der Waals surface area contributed by atoms with E-state index in [1.54, 1.807) is 13.8 Å². The summed E-state index contributed by atoms with van der Waals surface area (Å²) in [5, 5.41) is 24.1. The van der Waals surface area contributed by atoms with E-state index in [4.69, 9.17) is 21.7 Å². The molecule has 0 aromatic rings. The van der Waals surface area contributed by atoms with Crippen LogP contribution in [0.25, 0.3) is 0 Å². The average molecular weight is 403 g/mol. The molecule has 9 N–H and O–H groups in total. The highest BCUT2D eigenvalue weighted by Crippen LogP contribution is 2.03. The van der Waals surface area contributed by atoms with Gasteiger partial charge in [-0.3, -0.25) is 24.0 Å². The van der Waals surface area contributed by atoms with Gasteiger partial charge in [-0.25, -0.2) is 4.79 Å². The lowest BCUT2D eigenvalue weighted by atomic mass is 10.0. The van der Waals surface area contributed by atoms with Crippen LogP contribution in [0.4, 0.5) is 0 Å². The summed E-state index contributed by atoms with van der Waals surface area (Å²) in [6.07, 6.45) is -1.25. The zero-order valence-electron chi connectivity index (χ0n) is 15.4. The van der Waals surface area contributed by atoms with Crippen LogP contribution in [-0.2, 0) is 28.8 Å². The third-order valence-corrected chi connectivity index (χ3v) is 3.44. The van der Waals surface area contributed by atoms with Gasteiger partial charge in [-0.2, -0.15) is 0 Å². The van der Waals surface area contributed by atoms with Gasteiger partial charge in [0.25, 0.3) is 0 Å². The molecule has 0 radical (unpaired) electrons. The quantitative estimate of drug-likeness (QED) is 0.171. The van der Waals surface area contributed by atoms with Crippen LogP contribution in [0.15, 0.2) is 0 Å². The minimum Gasteiger partial charge on any atom is -0.481 e. The molecule has 13 heteroatoms. The van der Waals surface area contributed by atoms with E-state index in [1.165, 1.54) is 0 Å². The van der Waals surface area contributed by atoms with Gasteiger partial charge in [0.15, 0.2) is 0 Å². The Balaban J connectivity index is 4.83. The molecule has 0 bridgehead atoms. The standard InChI is InChI=1S/C15H25N5O8/c1-6(2)12(14(26)19-8(15(27)28)4-9(17)21)20-10(22)5-18-13(25)7(16)3-11(23)24/h6-8,12H,3-5,16H2,1-2H3,(H2,17,21)(H,18,25)(H,19,26)(H,20,22)(H,23,24)(H,27,28). The number of carbonyl (C=O) groups is 6. The van der Waals surface area contributed by atoms with E-state index in [9.17, 15) is 28.8 Å². The zero-order chi connectivity index (χ0) is 22.0. The van der Waals surface area contributed by atoms with E-state index < -0.39 is 79.0 Å². The van der Waals surface area contributed by atoms with Crippen LogP contribution in [-0.4, -0.2) is 70.5 Å². The summed E-state index contributed by atoms with van der Waals surface area (Å²) < 4.78 is 0. The maximum absolute atomic E-state index is 12.3. The van der Waals surface area contributed by atoms with E-state index >= 15 is 0 Å². The summed E-state index contributed by atoms with van der Waals surface area (Å²) in [4.78, 5) is 68.3. The molecule has 158 valence electrons. The van der Waals surface area contributed by atoms with E-state index in [2.05, 4.69) is 16.0 Å². The Morgan fingerprint density at radius 3 is 1.93 bits per heavy atom. The largest absolute Gasteiger partial charge is 0.481 e. The lowest BCUT2D eigenvalue weighted by molar-refractivity contribution is -0.144. The summed E-state index contributed by atoms with van der Waals surface area (Å²) in [6.45, 7) is 2.58. The van der Waals surface area contributed by atoms with Gasteiger partial charge in [-0.15, -0.1) is 0 Å². The monoisotopic (exact) mass is 403 g/mol. The highest BCUT2D eigenvalue weighted by molar-refractivity contribution is 5.94. The predicted molar refractivity (Wildman–Crippen MR) is 93.4 cm³/mol. The Bertz CT molecular complexity index is 636. The fraction of sp³-hybridized carbons (Fsp3) is 0.600. The number of hydrogen-bond donors (Lipinski definition) is 7. The van der Waals surface area contributed by atoms with Gasteiger partial charge in [0.05, 0.1) is 25.4 Å². The number of nitrogens with one attached hydrogen (secondary N) is 3. The van der Waals surface area contributed by atoms with Crippen LogP contribution in [0.1, 0.15) is 26.7 Å². The minimum absolute atomic E-state index is 0.461. The molecule has 3 unspecified atom stereocenters. The van der Waals surface area contributed by atoms with Crippen molar-refractivity contribution in [3.63, 3.8) is 0 Å². The van der Waals surface area contributed by atoms with Crippen LogP contribution in [0.2, 0.25) is 0 Å². The molecule has 0 saturated carbocycles. The molecule has 0 spiro atoms. The van der Waals surface area contributed by atoms with E-state index in [0.29, 0.717) is 0 Å². The molecular weight excluding hydrogens is 378 g/mol. The van der Waals surface area contributed by atoms with E-state index in [0.717, 1.165) is 0 Å². The van der Waals surface area contributed by atoms with Crippen molar-refractivity contribution in [2.24, 2.45) is 17.4 Å². The third-order valence-electron chi connectivity index (χ3n) is 3.44. The lowest BCUT2D eigenvalue weighted by Crippen LogP contribution is -2.56. The van der Waals surface area contributed by atoms with Crippen molar-refractivity contribution in [3.05, 3.63) is 0 Å². The van der Waals surface area contributed by atoms with Crippen LogP contribution in [0.3, 0.4) is 0 Å². The van der Waals surface area contributed by atoms with E-state index in [1.807, 2.05) is 0 Å². The molecule has 0 fully saturated rings. The summed E-state index contributed by atoms with van der Waals surface area (Å²) in [5.74, 6) is -6.66. The first-order valence-electron chi connectivity index (χ1n) is 8.21. The van der Waals surface area contributed by atoms with Crippen LogP contribution < -0.4 is 27.4 Å².